The van der Waals surface area contributed by atoms with E-state index in [1.165, 1.54) is 12.1 Å². The van der Waals surface area contributed by atoms with Crippen LogP contribution in [0, 0.1) is 5.82 Å². The first-order valence-corrected chi connectivity index (χ1v) is 5.22. The van der Waals surface area contributed by atoms with E-state index in [0.29, 0.717) is 10.9 Å². The van der Waals surface area contributed by atoms with Crippen LogP contribution in [0.15, 0.2) is 24.3 Å². The highest BCUT2D eigenvalue weighted by molar-refractivity contribution is 9.09. The number of halogens is 4. The van der Waals surface area contributed by atoms with Gasteiger partial charge in [-0.05, 0) is 12.1 Å². The highest BCUT2D eigenvalue weighted by Gasteiger charge is 2.08. The predicted molar refractivity (Wildman–Crippen MR) is 55.9 cm³/mol. The van der Waals surface area contributed by atoms with Crippen LogP contribution in [0.2, 0.25) is 0 Å². The third-order valence-corrected chi connectivity index (χ3v) is 1.95. The molecule has 0 fully saturated rings. The number of alkyl halides is 3. The molecule has 0 saturated carbocycles. The normalized spacial score (nSPS) is 11.3. The van der Waals surface area contributed by atoms with Crippen LogP contribution < -0.4 is 4.74 Å². The molecule has 0 bridgehead atoms. The fraction of sp³-hybridized carbons (Fsp3) is 0.200. The van der Waals surface area contributed by atoms with Gasteiger partial charge in [-0.25, -0.2) is 4.39 Å². The lowest BCUT2D eigenvalue weighted by Crippen LogP contribution is -2.03. The molecule has 0 aliphatic rings. The van der Waals surface area contributed by atoms with E-state index in [9.17, 15) is 13.2 Å². The van der Waals surface area contributed by atoms with Crippen molar-refractivity contribution in [2.45, 2.75) is 6.61 Å². The second-order valence-electron chi connectivity index (χ2n) is 2.62. The summed E-state index contributed by atoms with van der Waals surface area (Å²) in [4.78, 5) is 0. The average Bonchev–Trinajstić information content (AvgIpc) is 2.16. The largest absolute Gasteiger partial charge is 0.434 e. The van der Waals surface area contributed by atoms with Crippen molar-refractivity contribution in [3.63, 3.8) is 0 Å². The Hall–Kier alpha value is -0.970. The van der Waals surface area contributed by atoms with Gasteiger partial charge >= 0.3 is 6.61 Å². The molecule has 0 aliphatic carbocycles. The Morgan fingerprint density at radius 3 is 2.73 bits per heavy atom. The van der Waals surface area contributed by atoms with Crippen molar-refractivity contribution >= 4 is 22.0 Å². The quantitative estimate of drug-likeness (QED) is 0.762. The first-order valence-electron chi connectivity index (χ1n) is 4.10. The van der Waals surface area contributed by atoms with Crippen LogP contribution in [0.4, 0.5) is 13.2 Å². The average molecular weight is 281 g/mol. The zero-order chi connectivity index (χ0) is 11.3. The number of hydrogen-bond acceptors (Lipinski definition) is 1. The molecule has 1 aromatic rings. The second kappa shape index (κ2) is 5.80. The van der Waals surface area contributed by atoms with Gasteiger partial charge in [-0.15, -0.1) is 0 Å². The summed E-state index contributed by atoms with van der Waals surface area (Å²) in [6, 6.07) is 3.50. The van der Waals surface area contributed by atoms with Gasteiger partial charge in [0.2, 0.25) is 0 Å². The minimum absolute atomic E-state index is 0.165. The summed E-state index contributed by atoms with van der Waals surface area (Å²) >= 11 is 3.15. The molecular formula is C10H8BrF3O. The lowest BCUT2D eigenvalue weighted by Gasteiger charge is -2.07. The SMILES string of the molecule is Fc1ccc(C=CCBr)c(OC(F)F)c1. The molecule has 0 N–H and O–H groups in total. The maximum atomic E-state index is 12.8. The Labute approximate surface area is 93.7 Å². The summed E-state index contributed by atoms with van der Waals surface area (Å²) in [5.74, 6) is -0.774. The van der Waals surface area contributed by atoms with Crippen molar-refractivity contribution in [2.24, 2.45) is 0 Å². The number of benzene rings is 1. The second-order valence-corrected chi connectivity index (χ2v) is 3.26. The zero-order valence-corrected chi connectivity index (χ0v) is 9.18. The van der Waals surface area contributed by atoms with Crippen molar-refractivity contribution < 1.29 is 17.9 Å². The van der Waals surface area contributed by atoms with E-state index in [1.807, 2.05) is 0 Å². The topological polar surface area (TPSA) is 9.23 Å². The highest BCUT2D eigenvalue weighted by atomic mass is 79.9. The maximum absolute atomic E-state index is 12.8. The number of allylic oxidation sites excluding steroid dienone is 1. The molecule has 5 heteroatoms. The first kappa shape index (κ1) is 12.1. The van der Waals surface area contributed by atoms with Crippen LogP contribution in [0.5, 0.6) is 5.75 Å². The molecule has 82 valence electrons. The Bertz CT molecular complexity index is 353. The summed E-state index contributed by atoms with van der Waals surface area (Å²) in [6.45, 7) is -2.96. The van der Waals surface area contributed by atoms with Gasteiger partial charge in [-0.2, -0.15) is 8.78 Å². The summed E-state index contributed by atoms with van der Waals surface area (Å²) in [7, 11) is 0. The molecule has 1 rings (SSSR count). The summed E-state index contributed by atoms with van der Waals surface area (Å²) in [5, 5.41) is 0.582. The third kappa shape index (κ3) is 3.95. The third-order valence-electron chi connectivity index (χ3n) is 1.58. The Morgan fingerprint density at radius 1 is 1.40 bits per heavy atom. The smallest absolute Gasteiger partial charge is 0.387 e. The van der Waals surface area contributed by atoms with Crippen LogP contribution in [0.25, 0.3) is 6.08 Å². The molecule has 1 aromatic carbocycles. The summed E-state index contributed by atoms with van der Waals surface area (Å²) in [5.41, 5.74) is 0.413. The van der Waals surface area contributed by atoms with E-state index in [4.69, 9.17) is 0 Å². The number of ether oxygens (including phenoxy) is 1. The Balaban J connectivity index is 2.97. The van der Waals surface area contributed by atoms with Gasteiger partial charge in [0.15, 0.2) is 0 Å². The Morgan fingerprint density at radius 2 is 2.13 bits per heavy atom. The van der Waals surface area contributed by atoms with E-state index in [0.717, 1.165) is 6.07 Å². The molecule has 0 aromatic heterocycles. The Kier molecular flexibility index (Phi) is 4.68. The van der Waals surface area contributed by atoms with Gasteiger partial charge in [-0.3, -0.25) is 0 Å². The molecule has 0 spiro atoms. The molecule has 0 unspecified atom stereocenters. The van der Waals surface area contributed by atoms with Crippen LogP contribution >= 0.6 is 15.9 Å². The van der Waals surface area contributed by atoms with E-state index in [2.05, 4.69) is 20.7 Å². The molecular weight excluding hydrogens is 273 g/mol. The lowest BCUT2D eigenvalue weighted by atomic mass is 10.2. The van der Waals surface area contributed by atoms with E-state index < -0.39 is 12.4 Å². The van der Waals surface area contributed by atoms with Crippen molar-refractivity contribution in [2.75, 3.05) is 5.33 Å². The fourth-order valence-electron chi connectivity index (χ4n) is 1.02. The van der Waals surface area contributed by atoms with Gasteiger partial charge in [0, 0.05) is 17.0 Å². The van der Waals surface area contributed by atoms with Gasteiger partial charge in [0.25, 0.3) is 0 Å². The standard InChI is InChI=1S/C10H8BrF3O/c11-5-1-2-7-3-4-8(12)6-9(7)15-10(13)14/h1-4,6,10H,5H2. The van der Waals surface area contributed by atoms with E-state index in [1.54, 1.807) is 12.2 Å². The highest BCUT2D eigenvalue weighted by Crippen LogP contribution is 2.23. The lowest BCUT2D eigenvalue weighted by molar-refractivity contribution is -0.0501. The van der Waals surface area contributed by atoms with Gasteiger partial charge in [0.05, 0.1) is 0 Å². The molecule has 0 atom stereocenters. The molecule has 15 heavy (non-hydrogen) atoms. The summed E-state index contributed by atoms with van der Waals surface area (Å²) < 4.78 is 40.9. The molecule has 0 saturated heterocycles. The van der Waals surface area contributed by atoms with Crippen LogP contribution in [-0.2, 0) is 0 Å². The van der Waals surface area contributed by atoms with Gasteiger partial charge in [-0.1, -0.05) is 28.1 Å². The molecule has 0 radical (unpaired) electrons. The van der Waals surface area contributed by atoms with Gasteiger partial charge < -0.3 is 4.74 Å². The number of hydrogen-bond donors (Lipinski definition) is 0. The predicted octanol–water partition coefficient (Wildman–Crippen LogP) is 3.84. The van der Waals surface area contributed by atoms with E-state index >= 15 is 0 Å². The van der Waals surface area contributed by atoms with Crippen molar-refractivity contribution in [1.29, 1.82) is 0 Å². The zero-order valence-electron chi connectivity index (χ0n) is 7.59. The monoisotopic (exact) mass is 280 g/mol. The first-order chi connectivity index (χ1) is 7.13. The van der Waals surface area contributed by atoms with Crippen molar-refractivity contribution in [3.05, 3.63) is 35.7 Å². The van der Waals surface area contributed by atoms with Gasteiger partial charge in [0.1, 0.15) is 11.6 Å². The van der Waals surface area contributed by atoms with Crippen LogP contribution in [0.3, 0.4) is 0 Å². The minimum Gasteiger partial charge on any atom is -0.434 e. The van der Waals surface area contributed by atoms with Crippen molar-refractivity contribution in [1.82, 2.24) is 0 Å². The van der Waals surface area contributed by atoms with E-state index in [-0.39, 0.29) is 5.75 Å². The molecule has 1 nitrogen and oxygen atoms in total. The molecule has 0 amide bonds. The van der Waals surface area contributed by atoms with Crippen molar-refractivity contribution in [3.8, 4) is 5.75 Å². The maximum Gasteiger partial charge on any atom is 0.387 e. The number of rotatable bonds is 4. The summed E-state index contributed by atoms with van der Waals surface area (Å²) in [6.07, 6.45) is 3.28. The van der Waals surface area contributed by atoms with Crippen LogP contribution in [-0.4, -0.2) is 11.9 Å². The minimum atomic E-state index is -2.96. The molecule has 0 aliphatic heterocycles. The van der Waals surface area contributed by atoms with Crippen LogP contribution in [0.1, 0.15) is 5.56 Å². The fourth-order valence-corrected chi connectivity index (χ4v) is 1.20. The molecule has 0 heterocycles.